The average Bonchev–Trinajstić information content (AvgIpc) is 2.71. The molecule has 0 aliphatic heterocycles. The second kappa shape index (κ2) is 9.32. The number of benzene rings is 1. The first-order valence-corrected chi connectivity index (χ1v) is 12.0. The number of hydrogen-bond donors (Lipinski definition) is 2. The lowest BCUT2D eigenvalue weighted by Gasteiger charge is -2.59. The topological polar surface area (TPSA) is 49.3 Å². The van der Waals surface area contributed by atoms with Crippen molar-refractivity contribution in [3.63, 3.8) is 0 Å². The number of rotatable bonds is 6. The molecule has 2 aliphatic rings. The number of nitrogens with one attached hydrogen (secondary N) is 1. The van der Waals surface area contributed by atoms with Crippen molar-refractivity contribution in [2.45, 2.75) is 85.7 Å². The third-order valence-electron chi connectivity index (χ3n) is 8.41. The standard InChI is InChI=1S/C28H41NO2/c1-7-21-10-8-9-11-23(21)29-26(31)18-19(2)12-14-22-20(3)13-15-24-27(4,5)25(30)16-17-28(22,24)6/h8-11,18,22,24-25,30H,3,7,12-17H2,1-2,4-6H3,(H,29,31)/b19-18+/t22-,24-,25-,28+/m1/s1. The molecule has 0 aromatic heterocycles. The van der Waals surface area contributed by atoms with Crippen LogP contribution in [0.15, 0.2) is 48.1 Å². The molecule has 31 heavy (non-hydrogen) atoms. The number of aliphatic hydroxyl groups is 1. The molecule has 3 rings (SSSR count). The highest BCUT2D eigenvalue weighted by Gasteiger charge is 2.55. The normalized spacial score (nSPS) is 30.6. The smallest absolute Gasteiger partial charge is 0.248 e. The molecule has 3 heteroatoms. The van der Waals surface area contributed by atoms with E-state index in [1.54, 1.807) is 6.08 Å². The fraction of sp³-hybridized carbons (Fsp3) is 0.607. The molecule has 170 valence electrons. The Labute approximate surface area is 189 Å². The second-order valence-corrected chi connectivity index (χ2v) is 10.7. The summed E-state index contributed by atoms with van der Waals surface area (Å²) in [5.74, 6) is 0.912. The van der Waals surface area contributed by atoms with Crippen LogP contribution in [0.2, 0.25) is 0 Å². The molecule has 0 heterocycles. The molecule has 2 saturated carbocycles. The molecule has 0 saturated heterocycles. The van der Waals surface area contributed by atoms with E-state index in [4.69, 9.17) is 0 Å². The molecule has 0 radical (unpaired) electrons. The molecule has 3 nitrogen and oxygen atoms in total. The van der Waals surface area contributed by atoms with E-state index >= 15 is 0 Å². The van der Waals surface area contributed by atoms with Crippen LogP contribution in [0.4, 0.5) is 5.69 Å². The van der Waals surface area contributed by atoms with Crippen molar-refractivity contribution in [3.8, 4) is 0 Å². The Kier molecular flexibility index (Phi) is 7.15. The van der Waals surface area contributed by atoms with Gasteiger partial charge in [0.15, 0.2) is 0 Å². The Morgan fingerprint density at radius 1 is 1.26 bits per heavy atom. The molecule has 1 amide bonds. The Bertz CT molecular complexity index is 852. The summed E-state index contributed by atoms with van der Waals surface area (Å²) in [5, 5.41) is 13.7. The number of aryl methyl sites for hydroxylation is 1. The van der Waals surface area contributed by atoms with Gasteiger partial charge in [0.2, 0.25) is 5.91 Å². The maximum absolute atomic E-state index is 12.6. The first kappa shape index (κ1) is 23.8. The number of fused-ring (bicyclic) bond motifs is 1. The minimum atomic E-state index is -0.214. The first-order chi connectivity index (χ1) is 14.6. The summed E-state index contributed by atoms with van der Waals surface area (Å²) in [6.07, 6.45) is 8.48. The highest BCUT2D eigenvalue weighted by Crippen LogP contribution is 2.61. The predicted octanol–water partition coefficient (Wildman–Crippen LogP) is 6.68. The van der Waals surface area contributed by atoms with Crippen LogP contribution in [0.1, 0.15) is 78.7 Å². The van der Waals surface area contributed by atoms with Gasteiger partial charge >= 0.3 is 0 Å². The highest BCUT2D eigenvalue weighted by atomic mass is 16.3. The van der Waals surface area contributed by atoms with Gasteiger partial charge < -0.3 is 10.4 Å². The summed E-state index contributed by atoms with van der Waals surface area (Å²) in [6, 6.07) is 7.98. The van der Waals surface area contributed by atoms with E-state index < -0.39 is 0 Å². The number of carbonyl (C=O) groups excluding carboxylic acids is 1. The zero-order chi connectivity index (χ0) is 22.8. The minimum Gasteiger partial charge on any atom is -0.393 e. The molecule has 0 spiro atoms. The number of carbonyl (C=O) groups is 1. The summed E-state index contributed by atoms with van der Waals surface area (Å²) >= 11 is 0. The molecular weight excluding hydrogens is 382 g/mol. The molecule has 0 unspecified atom stereocenters. The Morgan fingerprint density at radius 2 is 1.97 bits per heavy atom. The summed E-state index contributed by atoms with van der Waals surface area (Å²) in [7, 11) is 0. The van der Waals surface area contributed by atoms with Gasteiger partial charge in [-0.3, -0.25) is 4.79 Å². The molecule has 2 N–H and O–H groups in total. The minimum absolute atomic E-state index is 0.0492. The first-order valence-electron chi connectivity index (χ1n) is 12.0. The average molecular weight is 424 g/mol. The lowest BCUT2D eigenvalue weighted by atomic mass is 9.46. The van der Waals surface area contributed by atoms with Crippen molar-refractivity contribution in [3.05, 3.63) is 53.6 Å². The number of amides is 1. The van der Waals surface area contributed by atoms with Gasteiger partial charge in [0.1, 0.15) is 0 Å². The molecule has 0 bridgehead atoms. The highest BCUT2D eigenvalue weighted by molar-refractivity contribution is 6.00. The van der Waals surface area contributed by atoms with Gasteiger partial charge in [0, 0.05) is 11.8 Å². The van der Waals surface area contributed by atoms with Crippen molar-refractivity contribution < 1.29 is 9.90 Å². The Morgan fingerprint density at radius 3 is 2.68 bits per heavy atom. The number of allylic oxidation sites excluding steroid dienone is 2. The van der Waals surface area contributed by atoms with Crippen LogP contribution in [0.3, 0.4) is 0 Å². The largest absolute Gasteiger partial charge is 0.393 e. The molecule has 2 aliphatic carbocycles. The van der Waals surface area contributed by atoms with Crippen LogP contribution in [-0.2, 0) is 11.2 Å². The van der Waals surface area contributed by atoms with Crippen molar-refractivity contribution in [2.24, 2.45) is 22.7 Å². The third-order valence-corrected chi connectivity index (χ3v) is 8.41. The zero-order valence-electron chi connectivity index (χ0n) is 20.1. The van der Waals surface area contributed by atoms with Gasteiger partial charge in [-0.25, -0.2) is 0 Å². The summed E-state index contributed by atoms with van der Waals surface area (Å²) in [5.41, 5.74) is 4.66. The number of anilines is 1. The predicted molar refractivity (Wildman–Crippen MR) is 130 cm³/mol. The SMILES string of the molecule is C=C1CC[C@@H]2C(C)(C)[C@H](O)CC[C@@]2(C)[C@@H]1CC/C(C)=C/C(=O)Nc1ccccc1CC. The molecule has 4 atom stereocenters. The maximum Gasteiger partial charge on any atom is 0.248 e. The Hall–Kier alpha value is -1.87. The fourth-order valence-corrected chi connectivity index (χ4v) is 6.49. The molecule has 1 aromatic carbocycles. The molecule has 2 fully saturated rings. The molecular formula is C28H41NO2. The number of hydrogen-bond acceptors (Lipinski definition) is 2. The van der Waals surface area contributed by atoms with Gasteiger partial charge in [-0.15, -0.1) is 0 Å². The van der Waals surface area contributed by atoms with Crippen LogP contribution in [0.5, 0.6) is 0 Å². The summed E-state index contributed by atoms with van der Waals surface area (Å²) in [6.45, 7) is 15.5. The van der Waals surface area contributed by atoms with E-state index in [9.17, 15) is 9.90 Å². The lowest BCUT2D eigenvalue weighted by Crippen LogP contribution is -2.54. The van der Waals surface area contributed by atoms with Crippen LogP contribution in [0.25, 0.3) is 0 Å². The van der Waals surface area contributed by atoms with Crippen LogP contribution in [-0.4, -0.2) is 17.1 Å². The number of para-hydroxylation sites is 1. The Balaban J connectivity index is 1.67. The van der Waals surface area contributed by atoms with Crippen molar-refractivity contribution in [1.82, 2.24) is 0 Å². The quantitative estimate of drug-likeness (QED) is 0.396. The number of aliphatic hydroxyl groups excluding tert-OH is 1. The summed E-state index contributed by atoms with van der Waals surface area (Å²) < 4.78 is 0. The van der Waals surface area contributed by atoms with Gasteiger partial charge in [-0.1, -0.05) is 63.6 Å². The molecule has 1 aromatic rings. The monoisotopic (exact) mass is 423 g/mol. The van der Waals surface area contributed by atoms with E-state index in [1.807, 2.05) is 18.2 Å². The van der Waals surface area contributed by atoms with Crippen LogP contribution in [0, 0.1) is 22.7 Å². The fourth-order valence-electron chi connectivity index (χ4n) is 6.49. The lowest BCUT2D eigenvalue weighted by molar-refractivity contribution is -0.124. The van der Waals surface area contributed by atoms with Crippen molar-refractivity contribution in [2.75, 3.05) is 5.32 Å². The van der Waals surface area contributed by atoms with Gasteiger partial charge in [0.25, 0.3) is 0 Å². The van der Waals surface area contributed by atoms with E-state index in [2.05, 4.69) is 52.6 Å². The van der Waals surface area contributed by atoms with E-state index in [0.29, 0.717) is 11.8 Å². The van der Waals surface area contributed by atoms with Crippen molar-refractivity contribution >= 4 is 11.6 Å². The zero-order valence-corrected chi connectivity index (χ0v) is 20.1. The maximum atomic E-state index is 12.6. The van der Waals surface area contributed by atoms with E-state index in [1.165, 1.54) is 5.57 Å². The summed E-state index contributed by atoms with van der Waals surface area (Å²) in [4.78, 5) is 12.6. The van der Waals surface area contributed by atoms with Crippen LogP contribution < -0.4 is 5.32 Å². The van der Waals surface area contributed by atoms with Gasteiger partial charge in [-0.05, 0) is 86.2 Å². The van der Waals surface area contributed by atoms with E-state index in [0.717, 1.165) is 61.8 Å². The van der Waals surface area contributed by atoms with Crippen molar-refractivity contribution in [1.29, 1.82) is 0 Å². The van der Waals surface area contributed by atoms with Gasteiger partial charge in [0.05, 0.1) is 6.10 Å². The van der Waals surface area contributed by atoms with Crippen LogP contribution >= 0.6 is 0 Å². The third kappa shape index (κ3) is 4.82. The van der Waals surface area contributed by atoms with Gasteiger partial charge in [-0.2, -0.15) is 0 Å². The van der Waals surface area contributed by atoms with E-state index in [-0.39, 0.29) is 22.8 Å². The second-order valence-electron chi connectivity index (χ2n) is 10.7.